The third-order valence-electron chi connectivity index (χ3n) is 4.06. The van der Waals surface area contributed by atoms with E-state index in [1.54, 1.807) is 20.3 Å². The van der Waals surface area contributed by atoms with Crippen LogP contribution in [0.2, 0.25) is 0 Å². The Labute approximate surface area is 123 Å². The molecule has 0 aromatic heterocycles. The maximum Gasteiger partial charge on any atom is 0.263 e. The van der Waals surface area contributed by atoms with Gasteiger partial charge in [0.1, 0.15) is 0 Å². The normalized spacial score (nSPS) is 24.7. The number of nitrogens with zero attached hydrogens (tertiary/aromatic N) is 1. The number of halogens is 2. The van der Waals surface area contributed by atoms with Gasteiger partial charge in [0.25, 0.3) is 6.43 Å². The number of rotatable bonds is 6. The molecule has 1 aliphatic rings. The lowest BCUT2D eigenvalue weighted by atomic mass is 10.0. The van der Waals surface area contributed by atoms with Gasteiger partial charge in [-0.1, -0.05) is 18.2 Å². The van der Waals surface area contributed by atoms with Crippen LogP contribution in [0, 0.1) is 0 Å². The molecule has 1 fully saturated rings. The Morgan fingerprint density at radius 2 is 1.76 bits per heavy atom. The van der Waals surface area contributed by atoms with E-state index in [0.29, 0.717) is 19.6 Å². The van der Waals surface area contributed by atoms with E-state index in [0.717, 1.165) is 5.56 Å². The molecule has 4 nitrogen and oxygen atoms in total. The van der Waals surface area contributed by atoms with Crippen molar-refractivity contribution < 1.29 is 18.3 Å². The molecule has 0 bridgehead atoms. The van der Waals surface area contributed by atoms with Gasteiger partial charge in [0.15, 0.2) is 0 Å². The Balaban J connectivity index is 2.18. The number of hydrogen-bond donors (Lipinski definition) is 1. The molecule has 3 unspecified atom stereocenters. The molecule has 6 heteroatoms. The monoisotopic (exact) mass is 300 g/mol. The predicted octanol–water partition coefficient (Wildman–Crippen LogP) is 1.97. The Morgan fingerprint density at radius 3 is 2.24 bits per heavy atom. The van der Waals surface area contributed by atoms with Crippen molar-refractivity contribution in [1.29, 1.82) is 0 Å². The molecule has 0 amide bonds. The molecule has 2 N–H and O–H groups in total. The van der Waals surface area contributed by atoms with Gasteiger partial charge >= 0.3 is 0 Å². The highest BCUT2D eigenvalue weighted by molar-refractivity contribution is 5.27. The summed E-state index contributed by atoms with van der Waals surface area (Å²) >= 11 is 0. The van der Waals surface area contributed by atoms with Gasteiger partial charge in [-0.2, -0.15) is 0 Å². The number of nitrogens with two attached hydrogens (primary N) is 1. The minimum absolute atomic E-state index is 0.0247. The summed E-state index contributed by atoms with van der Waals surface area (Å²) < 4.78 is 36.5. The molecule has 1 heterocycles. The van der Waals surface area contributed by atoms with Gasteiger partial charge in [0.2, 0.25) is 0 Å². The molecular formula is C15H22F2N2O2. The fourth-order valence-electron chi connectivity index (χ4n) is 2.88. The average Bonchev–Trinajstić information content (AvgIpc) is 2.91. The molecule has 0 saturated carbocycles. The number of ether oxygens (including phenoxy) is 2. The zero-order chi connectivity index (χ0) is 15.4. The predicted molar refractivity (Wildman–Crippen MR) is 76.4 cm³/mol. The summed E-state index contributed by atoms with van der Waals surface area (Å²) in [5.74, 6) is 0. The van der Waals surface area contributed by atoms with E-state index in [9.17, 15) is 8.78 Å². The van der Waals surface area contributed by atoms with E-state index in [-0.39, 0.29) is 23.8 Å². The average molecular weight is 300 g/mol. The third-order valence-corrected chi connectivity index (χ3v) is 4.06. The van der Waals surface area contributed by atoms with Crippen molar-refractivity contribution >= 4 is 0 Å². The summed E-state index contributed by atoms with van der Waals surface area (Å²) in [6.07, 6.45) is -2.52. The summed E-state index contributed by atoms with van der Waals surface area (Å²) in [6, 6.07) is 6.34. The molecule has 1 aliphatic heterocycles. The van der Waals surface area contributed by atoms with E-state index < -0.39 is 6.43 Å². The highest BCUT2D eigenvalue weighted by Gasteiger charge is 2.36. The van der Waals surface area contributed by atoms with Crippen LogP contribution < -0.4 is 5.73 Å². The van der Waals surface area contributed by atoms with Crippen molar-refractivity contribution in [2.45, 2.75) is 24.7 Å². The van der Waals surface area contributed by atoms with Gasteiger partial charge < -0.3 is 15.2 Å². The molecule has 0 aliphatic carbocycles. The van der Waals surface area contributed by atoms with Gasteiger partial charge in [-0.3, -0.25) is 4.90 Å². The summed E-state index contributed by atoms with van der Waals surface area (Å²) in [6.45, 7) is 1.71. The first-order chi connectivity index (χ1) is 10.1. The summed E-state index contributed by atoms with van der Waals surface area (Å²) in [5, 5.41) is 0. The van der Waals surface area contributed by atoms with Crippen LogP contribution in [0.4, 0.5) is 8.78 Å². The van der Waals surface area contributed by atoms with Crippen LogP contribution >= 0.6 is 0 Å². The van der Waals surface area contributed by atoms with Gasteiger partial charge in [0.05, 0.1) is 12.2 Å². The number of methoxy groups -OCH3 is 2. The third kappa shape index (κ3) is 3.58. The molecule has 0 radical (unpaired) electrons. The van der Waals surface area contributed by atoms with E-state index >= 15 is 0 Å². The topological polar surface area (TPSA) is 47.7 Å². The Hall–Kier alpha value is -1.08. The van der Waals surface area contributed by atoms with Gasteiger partial charge in [-0.15, -0.1) is 0 Å². The van der Waals surface area contributed by atoms with Crippen LogP contribution in [0.25, 0.3) is 0 Å². The highest BCUT2D eigenvalue weighted by atomic mass is 19.3. The lowest BCUT2D eigenvalue weighted by molar-refractivity contribution is -0.00461. The molecule has 1 saturated heterocycles. The van der Waals surface area contributed by atoms with Gasteiger partial charge in [-0.25, -0.2) is 8.78 Å². The van der Waals surface area contributed by atoms with Crippen LogP contribution in [-0.4, -0.2) is 51.0 Å². The maximum atomic E-state index is 12.8. The Kier molecular flexibility index (Phi) is 5.64. The first-order valence-electron chi connectivity index (χ1n) is 6.98. The van der Waals surface area contributed by atoms with Crippen molar-refractivity contribution in [2.75, 3.05) is 33.9 Å². The molecule has 2 rings (SSSR count). The maximum absolute atomic E-state index is 12.8. The van der Waals surface area contributed by atoms with Crippen molar-refractivity contribution in [3.05, 3.63) is 35.4 Å². The molecule has 118 valence electrons. The first kappa shape index (κ1) is 16.3. The molecular weight excluding hydrogens is 278 g/mol. The Bertz CT molecular complexity index is 447. The lowest BCUT2D eigenvalue weighted by Crippen LogP contribution is -2.33. The molecule has 0 spiro atoms. The van der Waals surface area contributed by atoms with Gasteiger partial charge in [-0.05, 0) is 11.6 Å². The number of likely N-dealkylation sites (tertiary alicyclic amines) is 1. The standard InChI is InChI=1S/C15H22F2N2O2/c1-20-13-8-19(9-14(13)21-2)12(7-18)10-4-3-5-11(6-10)15(16)17/h3-6,12-15H,7-9,18H2,1-2H3. The minimum atomic E-state index is -2.47. The van der Waals surface area contributed by atoms with Crippen molar-refractivity contribution in [3.63, 3.8) is 0 Å². The van der Waals surface area contributed by atoms with Gasteiger partial charge in [0, 0.05) is 45.5 Å². The summed E-state index contributed by atoms with van der Waals surface area (Å²) in [4.78, 5) is 2.13. The van der Waals surface area contributed by atoms with Crippen LogP contribution in [0.1, 0.15) is 23.6 Å². The molecule has 1 aromatic rings. The van der Waals surface area contributed by atoms with Crippen molar-refractivity contribution in [3.8, 4) is 0 Å². The summed E-state index contributed by atoms with van der Waals surface area (Å²) in [7, 11) is 3.30. The summed E-state index contributed by atoms with van der Waals surface area (Å²) in [5.41, 5.74) is 6.71. The quantitative estimate of drug-likeness (QED) is 0.872. The zero-order valence-corrected chi connectivity index (χ0v) is 12.3. The SMILES string of the molecule is COC1CN(C(CN)c2cccc(C(F)F)c2)CC1OC. The van der Waals surface area contributed by atoms with E-state index in [1.165, 1.54) is 12.1 Å². The van der Waals surface area contributed by atoms with Crippen molar-refractivity contribution in [2.24, 2.45) is 5.73 Å². The fraction of sp³-hybridized carbons (Fsp3) is 0.600. The molecule has 21 heavy (non-hydrogen) atoms. The first-order valence-corrected chi connectivity index (χ1v) is 6.98. The minimum Gasteiger partial charge on any atom is -0.377 e. The van der Waals surface area contributed by atoms with E-state index in [2.05, 4.69) is 4.90 Å². The fourth-order valence-corrected chi connectivity index (χ4v) is 2.88. The van der Waals surface area contributed by atoms with Crippen LogP contribution in [0.15, 0.2) is 24.3 Å². The Morgan fingerprint density at radius 1 is 1.19 bits per heavy atom. The largest absolute Gasteiger partial charge is 0.377 e. The van der Waals surface area contributed by atoms with Crippen molar-refractivity contribution in [1.82, 2.24) is 4.90 Å². The number of alkyl halides is 2. The number of benzene rings is 1. The second-order valence-corrected chi connectivity index (χ2v) is 5.22. The number of hydrogen-bond acceptors (Lipinski definition) is 4. The van der Waals surface area contributed by atoms with Crippen LogP contribution in [-0.2, 0) is 9.47 Å². The van der Waals surface area contributed by atoms with E-state index in [4.69, 9.17) is 15.2 Å². The molecule has 3 atom stereocenters. The second-order valence-electron chi connectivity index (χ2n) is 5.22. The molecule has 1 aromatic carbocycles. The highest BCUT2D eigenvalue weighted by Crippen LogP contribution is 2.29. The van der Waals surface area contributed by atoms with Crippen LogP contribution in [0.3, 0.4) is 0 Å². The van der Waals surface area contributed by atoms with Crippen LogP contribution in [0.5, 0.6) is 0 Å². The lowest BCUT2D eigenvalue weighted by Gasteiger charge is -2.27. The second kappa shape index (κ2) is 7.26. The zero-order valence-electron chi connectivity index (χ0n) is 12.3. The van der Waals surface area contributed by atoms with E-state index in [1.807, 2.05) is 6.07 Å². The smallest absolute Gasteiger partial charge is 0.263 e.